The van der Waals surface area contributed by atoms with Crippen LogP contribution in [-0.4, -0.2) is 11.2 Å². The van der Waals surface area contributed by atoms with E-state index in [1.165, 1.54) is 5.56 Å². The van der Waals surface area contributed by atoms with E-state index in [2.05, 4.69) is 41.2 Å². The van der Waals surface area contributed by atoms with Crippen LogP contribution in [0.4, 0.5) is 5.69 Å². The molecule has 1 N–H and O–H groups in total. The number of carbonyl (C=O) groups is 1. The molecule has 0 saturated heterocycles. The van der Waals surface area contributed by atoms with Gasteiger partial charge in [-0.2, -0.15) is 0 Å². The number of anilines is 1. The highest BCUT2D eigenvalue weighted by atomic mass is 79.9. The van der Waals surface area contributed by atoms with E-state index in [1.807, 2.05) is 49.4 Å². The number of thioether (sulfide) groups is 1. The maximum atomic E-state index is 12.5. The van der Waals surface area contributed by atoms with E-state index in [0.29, 0.717) is 5.92 Å². The Balaban J connectivity index is 2.05. The molecule has 4 heteroatoms. The maximum Gasteiger partial charge on any atom is 0.237 e. The van der Waals surface area contributed by atoms with Crippen molar-refractivity contribution in [3.8, 4) is 0 Å². The minimum absolute atomic E-state index is 0.0358. The van der Waals surface area contributed by atoms with Crippen LogP contribution in [0.2, 0.25) is 0 Å². The molecule has 122 valence electrons. The normalized spacial score (nSPS) is 13.4. The molecule has 0 fully saturated rings. The predicted molar refractivity (Wildman–Crippen MR) is 103 cm³/mol. The van der Waals surface area contributed by atoms with E-state index in [0.717, 1.165) is 21.5 Å². The number of para-hydroxylation sites is 1. The van der Waals surface area contributed by atoms with Crippen molar-refractivity contribution in [2.24, 2.45) is 0 Å². The first-order valence-electron chi connectivity index (χ1n) is 7.83. The number of rotatable bonds is 6. The summed E-state index contributed by atoms with van der Waals surface area (Å²) in [6.07, 6.45) is 1.05. The number of benzene rings is 2. The zero-order chi connectivity index (χ0) is 16.8. The summed E-state index contributed by atoms with van der Waals surface area (Å²) >= 11 is 4.99. The van der Waals surface area contributed by atoms with Gasteiger partial charge in [-0.05, 0) is 55.2 Å². The van der Waals surface area contributed by atoms with Crippen LogP contribution >= 0.6 is 27.7 Å². The molecule has 0 aromatic heterocycles. The van der Waals surface area contributed by atoms with Crippen LogP contribution in [0, 0.1) is 0 Å². The smallest absolute Gasteiger partial charge is 0.237 e. The van der Waals surface area contributed by atoms with Crippen LogP contribution in [0.1, 0.15) is 38.7 Å². The third-order valence-electron chi connectivity index (χ3n) is 3.86. The Bertz CT molecular complexity index is 657. The van der Waals surface area contributed by atoms with Gasteiger partial charge in [0.15, 0.2) is 0 Å². The number of carbonyl (C=O) groups excluding carboxylic acids is 1. The highest BCUT2D eigenvalue weighted by Gasteiger charge is 2.17. The monoisotopic (exact) mass is 391 g/mol. The van der Waals surface area contributed by atoms with Gasteiger partial charge in [0.1, 0.15) is 0 Å². The molecule has 2 rings (SSSR count). The summed E-state index contributed by atoms with van der Waals surface area (Å²) in [5.41, 5.74) is 2.12. The molecule has 2 aromatic carbocycles. The van der Waals surface area contributed by atoms with Crippen molar-refractivity contribution in [1.29, 1.82) is 0 Å². The Kier molecular flexibility index (Phi) is 6.72. The average molecular weight is 392 g/mol. The lowest BCUT2D eigenvalue weighted by molar-refractivity contribution is -0.115. The highest BCUT2D eigenvalue weighted by molar-refractivity contribution is 9.10. The van der Waals surface area contributed by atoms with E-state index < -0.39 is 0 Å². The van der Waals surface area contributed by atoms with Crippen molar-refractivity contribution < 1.29 is 4.79 Å². The molecule has 23 heavy (non-hydrogen) atoms. The first-order chi connectivity index (χ1) is 11.0. The van der Waals surface area contributed by atoms with Gasteiger partial charge in [0, 0.05) is 15.1 Å². The van der Waals surface area contributed by atoms with E-state index in [-0.39, 0.29) is 11.2 Å². The SMILES string of the molecule is CC[C@@H](C)c1ccccc1NC(=O)[C@H](C)Sc1ccc(Br)cc1. The fourth-order valence-electron chi connectivity index (χ4n) is 2.27. The van der Waals surface area contributed by atoms with E-state index >= 15 is 0 Å². The van der Waals surface area contributed by atoms with Crippen molar-refractivity contribution in [2.45, 2.75) is 43.3 Å². The summed E-state index contributed by atoms with van der Waals surface area (Å²) in [5, 5.41) is 2.94. The second-order valence-corrected chi connectivity index (χ2v) is 7.93. The summed E-state index contributed by atoms with van der Waals surface area (Å²) < 4.78 is 1.04. The third kappa shape index (κ3) is 5.11. The summed E-state index contributed by atoms with van der Waals surface area (Å²) in [6.45, 7) is 6.29. The number of nitrogens with one attached hydrogen (secondary N) is 1. The van der Waals surface area contributed by atoms with Gasteiger partial charge in [-0.3, -0.25) is 4.79 Å². The number of halogens is 1. The molecule has 0 bridgehead atoms. The molecule has 0 aliphatic rings. The standard InChI is InChI=1S/C19H22BrNOS/c1-4-13(2)17-7-5-6-8-18(17)21-19(22)14(3)23-16-11-9-15(20)10-12-16/h5-14H,4H2,1-3H3,(H,21,22)/t13-,14+/m1/s1. The van der Waals surface area contributed by atoms with Gasteiger partial charge in [0.05, 0.1) is 5.25 Å². The highest BCUT2D eigenvalue weighted by Crippen LogP contribution is 2.29. The summed E-state index contributed by atoms with van der Waals surface area (Å²) in [4.78, 5) is 13.6. The summed E-state index contributed by atoms with van der Waals surface area (Å²) in [7, 11) is 0. The predicted octanol–water partition coefficient (Wildman–Crippen LogP) is 6.08. The third-order valence-corrected chi connectivity index (χ3v) is 5.50. The Morgan fingerprint density at radius 2 is 1.78 bits per heavy atom. The lowest BCUT2D eigenvalue weighted by Gasteiger charge is -2.17. The second-order valence-electron chi connectivity index (χ2n) is 5.60. The molecule has 0 heterocycles. The second kappa shape index (κ2) is 8.55. The quantitative estimate of drug-likeness (QED) is 0.604. The van der Waals surface area contributed by atoms with Crippen molar-refractivity contribution >= 4 is 39.3 Å². The van der Waals surface area contributed by atoms with Gasteiger partial charge in [0.2, 0.25) is 5.91 Å². The fraction of sp³-hybridized carbons (Fsp3) is 0.316. The number of hydrogen-bond donors (Lipinski definition) is 1. The van der Waals surface area contributed by atoms with Crippen LogP contribution in [0.15, 0.2) is 57.9 Å². The Labute approximate surface area is 151 Å². The fourth-order valence-corrected chi connectivity index (χ4v) is 3.40. The molecule has 0 radical (unpaired) electrons. The van der Waals surface area contributed by atoms with Crippen LogP contribution in [0.5, 0.6) is 0 Å². The minimum Gasteiger partial charge on any atom is -0.325 e. The molecule has 0 spiro atoms. The maximum absolute atomic E-state index is 12.5. The van der Waals surface area contributed by atoms with Gasteiger partial charge in [-0.15, -0.1) is 11.8 Å². The molecule has 2 nitrogen and oxygen atoms in total. The lowest BCUT2D eigenvalue weighted by Crippen LogP contribution is -2.23. The first-order valence-corrected chi connectivity index (χ1v) is 9.50. The number of hydrogen-bond acceptors (Lipinski definition) is 2. The van der Waals surface area contributed by atoms with E-state index in [4.69, 9.17) is 0 Å². The molecular weight excluding hydrogens is 370 g/mol. The van der Waals surface area contributed by atoms with Crippen molar-refractivity contribution in [3.05, 3.63) is 58.6 Å². The van der Waals surface area contributed by atoms with Gasteiger partial charge < -0.3 is 5.32 Å². The van der Waals surface area contributed by atoms with Gasteiger partial charge in [-0.1, -0.05) is 48.0 Å². The Morgan fingerprint density at radius 3 is 2.43 bits per heavy atom. The molecule has 0 aliphatic carbocycles. The Hall–Kier alpha value is -1.26. The Morgan fingerprint density at radius 1 is 1.13 bits per heavy atom. The van der Waals surface area contributed by atoms with Gasteiger partial charge in [-0.25, -0.2) is 0 Å². The molecule has 2 aromatic rings. The summed E-state index contributed by atoms with van der Waals surface area (Å²) in [6, 6.07) is 16.1. The molecule has 0 aliphatic heterocycles. The molecular formula is C19H22BrNOS. The van der Waals surface area contributed by atoms with Crippen molar-refractivity contribution in [2.75, 3.05) is 5.32 Å². The van der Waals surface area contributed by atoms with Crippen LogP contribution in [0.3, 0.4) is 0 Å². The molecule has 1 amide bonds. The van der Waals surface area contributed by atoms with E-state index in [9.17, 15) is 4.79 Å². The molecule has 0 saturated carbocycles. The van der Waals surface area contributed by atoms with Crippen molar-refractivity contribution in [1.82, 2.24) is 0 Å². The average Bonchev–Trinajstić information content (AvgIpc) is 2.56. The molecule has 2 atom stereocenters. The zero-order valence-corrected chi connectivity index (χ0v) is 16.1. The van der Waals surface area contributed by atoms with Gasteiger partial charge >= 0.3 is 0 Å². The minimum atomic E-state index is -0.152. The first kappa shape index (κ1) is 18.1. The van der Waals surface area contributed by atoms with Crippen LogP contribution < -0.4 is 5.32 Å². The number of amides is 1. The van der Waals surface area contributed by atoms with E-state index in [1.54, 1.807) is 11.8 Å². The summed E-state index contributed by atoms with van der Waals surface area (Å²) in [5.74, 6) is 0.467. The van der Waals surface area contributed by atoms with Crippen LogP contribution in [0.25, 0.3) is 0 Å². The largest absolute Gasteiger partial charge is 0.325 e. The van der Waals surface area contributed by atoms with Gasteiger partial charge in [0.25, 0.3) is 0 Å². The lowest BCUT2D eigenvalue weighted by atomic mass is 9.97. The topological polar surface area (TPSA) is 29.1 Å². The van der Waals surface area contributed by atoms with Crippen molar-refractivity contribution in [3.63, 3.8) is 0 Å². The van der Waals surface area contributed by atoms with Crippen LogP contribution in [-0.2, 0) is 4.79 Å². The zero-order valence-electron chi connectivity index (χ0n) is 13.7. The molecule has 0 unspecified atom stereocenters.